The van der Waals surface area contributed by atoms with Gasteiger partial charge in [0.15, 0.2) is 0 Å². The number of hydrogen-bond acceptors (Lipinski definition) is 4. The zero-order chi connectivity index (χ0) is 12.8. The molecular weight excluding hydrogens is 230 g/mol. The molecule has 0 radical (unpaired) electrons. The van der Waals surface area contributed by atoms with Crippen molar-refractivity contribution in [1.82, 2.24) is 15.1 Å². The summed E-state index contributed by atoms with van der Waals surface area (Å²) in [6.07, 6.45) is 1.87. The van der Waals surface area contributed by atoms with Crippen molar-refractivity contribution >= 4 is 0 Å². The van der Waals surface area contributed by atoms with Crippen molar-refractivity contribution in [1.29, 1.82) is 0 Å². The molecule has 1 spiro atoms. The van der Waals surface area contributed by atoms with E-state index in [4.69, 9.17) is 9.47 Å². The summed E-state index contributed by atoms with van der Waals surface area (Å²) in [7, 11) is 0. The smallest absolute Gasteiger partial charge is 0.135 e. The van der Waals surface area contributed by atoms with Gasteiger partial charge in [-0.3, -0.25) is 4.68 Å². The van der Waals surface area contributed by atoms with Crippen molar-refractivity contribution in [3.05, 3.63) is 18.0 Å². The summed E-state index contributed by atoms with van der Waals surface area (Å²) < 4.78 is 13.4. The Morgan fingerprint density at radius 1 is 1.44 bits per heavy atom. The number of nitrogens with one attached hydrogen (secondary N) is 1. The van der Waals surface area contributed by atoms with E-state index in [-0.39, 0.29) is 17.2 Å². The molecule has 5 nitrogen and oxygen atoms in total. The van der Waals surface area contributed by atoms with E-state index >= 15 is 0 Å². The average molecular weight is 251 g/mol. The topological polar surface area (TPSA) is 48.3 Å². The predicted molar refractivity (Wildman–Crippen MR) is 67.5 cm³/mol. The van der Waals surface area contributed by atoms with Crippen LogP contribution in [0.25, 0.3) is 0 Å². The lowest BCUT2D eigenvalue weighted by atomic mass is 9.87. The molecule has 2 aliphatic heterocycles. The van der Waals surface area contributed by atoms with Gasteiger partial charge in [0.25, 0.3) is 0 Å². The molecule has 0 aliphatic carbocycles. The van der Waals surface area contributed by atoms with Crippen molar-refractivity contribution in [2.75, 3.05) is 26.4 Å². The molecule has 0 aromatic carbocycles. The molecule has 1 aromatic rings. The zero-order valence-corrected chi connectivity index (χ0v) is 11.3. The molecule has 2 aliphatic rings. The fourth-order valence-corrected chi connectivity index (χ4v) is 2.75. The Kier molecular flexibility index (Phi) is 2.73. The molecule has 2 fully saturated rings. The molecule has 0 bridgehead atoms. The molecule has 18 heavy (non-hydrogen) atoms. The largest absolute Gasteiger partial charge is 0.375 e. The van der Waals surface area contributed by atoms with E-state index in [1.165, 1.54) is 5.69 Å². The predicted octanol–water partition coefficient (Wildman–Crippen LogP) is 1.07. The number of rotatable bonds is 1. The highest BCUT2D eigenvalue weighted by Crippen LogP contribution is 2.38. The van der Waals surface area contributed by atoms with Crippen LogP contribution < -0.4 is 5.32 Å². The maximum Gasteiger partial charge on any atom is 0.135 e. The molecule has 3 rings (SSSR count). The quantitative estimate of drug-likeness (QED) is 0.811. The van der Waals surface area contributed by atoms with Crippen LogP contribution >= 0.6 is 0 Å². The van der Waals surface area contributed by atoms with Gasteiger partial charge in [0, 0.05) is 12.7 Å². The van der Waals surface area contributed by atoms with E-state index < -0.39 is 0 Å². The SMILES string of the molecule is CC(C)(C)n1nccc1C1NCCOC12COC2. The van der Waals surface area contributed by atoms with Gasteiger partial charge in [-0.25, -0.2) is 0 Å². The summed E-state index contributed by atoms with van der Waals surface area (Å²) in [5.41, 5.74) is 0.968. The van der Waals surface area contributed by atoms with Gasteiger partial charge in [0.05, 0.1) is 37.1 Å². The Morgan fingerprint density at radius 3 is 2.83 bits per heavy atom. The van der Waals surface area contributed by atoms with Gasteiger partial charge in [0.2, 0.25) is 0 Å². The molecule has 1 unspecified atom stereocenters. The molecule has 100 valence electrons. The van der Waals surface area contributed by atoms with Crippen LogP contribution in [0.2, 0.25) is 0 Å². The van der Waals surface area contributed by atoms with E-state index in [2.05, 4.69) is 41.9 Å². The van der Waals surface area contributed by atoms with Gasteiger partial charge in [-0.1, -0.05) is 0 Å². The first kappa shape index (κ1) is 12.1. The molecule has 3 heterocycles. The second-order valence-corrected chi connectivity index (χ2v) is 6.13. The second-order valence-electron chi connectivity index (χ2n) is 6.13. The Bertz CT molecular complexity index is 432. The van der Waals surface area contributed by atoms with Crippen molar-refractivity contribution in [2.45, 2.75) is 38.0 Å². The van der Waals surface area contributed by atoms with Crippen molar-refractivity contribution in [2.24, 2.45) is 0 Å². The fourth-order valence-electron chi connectivity index (χ4n) is 2.75. The summed E-state index contributed by atoms with van der Waals surface area (Å²) in [4.78, 5) is 0. The normalized spacial score (nSPS) is 27.2. The molecule has 1 atom stereocenters. The van der Waals surface area contributed by atoms with Crippen LogP contribution in [-0.2, 0) is 15.0 Å². The summed E-state index contributed by atoms with van der Waals surface area (Å²) in [6.45, 7) is 9.45. The summed E-state index contributed by atoms with van der Waals surface area (Å²) in [5.74, 6) is 0. The number of nitrogens with zero attached hydrogens (tertiary/aromatic N) is 2. The van der Waals surface area contributed by atoms with Crippen LogP contribution in [0.5, 0.6) is 0 Å². The highest BCUT2D eigenvalue weighted by atomic mass is 16.6. The summed E-state index contributed by atoms with van der Waals surface area (Å²) >= 11 is 0. The third kappa shape index (κ3) is 1.77. The van der Waals surface area contributed by atoms with E-state index in [0.29, 0.717) is 13.2 Å². The highest BCUT2D eigenvalue weighted by molar-refractivity contribution is 5.18. The van der Waals surface area contributed by atoms with E-state index in [1.807, 2.05) is 6.20 Å². The monoisotopic (exact) mass is 251 g/mol. The Morgan fingerprint density at radius 2 is 2.22 bits per heavy atom. The number of morpholine rings is 1. The minimum Gasteiger partial charge on any atom is -0.375 e. The van der Waals surface area contributed by atoms with Crippen LogP contribution in [0, 0.1) is 0 Å². The number of hydrogen-bond donors (Lipinski definition) is 1. The molecule has 0 amide bonds. The van der Waals surface area contributed by atoms with E-state index in [1.54, 1.807) is 0 Å². The maximum absolute atomic E-state index is 5.98. The van der Waals surface area contributed by atoms with Crippen LogP contribution in [0.3, 0.4) is 0 Å². The molecule has 1 aromatic heterocycles. The van der Waals surface area contributed by atoms with Gasteiger partial charge in [-0.2, -0.15) is 5.10 Å². The average Bonchev–Trinajstić information content (AvgIpc) is 2.75. The first-order valence-electron chi connectivity index (χ1n) is 6.52. The van der Waals surface area contributed by atoms with Crippen LogP contribution in [0.15, 0.2) is 12.3 Å². The fraction of sp³-hybridized carbons (Fsp3) is 0.769. The lowest BCUT2D eigenvalue weighted by molar-refractivity contribution is -0.240. The number of aromatic nitrogens is 2. The Balaban J connectivity index is 1.96. The van der Waals surface area contributed by atoms with Crippen LogP contribution in [0.4, 0.5) is 0 Å². The number of ether oxygens (including phenoxy) is 2. The lowest BCUT2D eigenvalue weighted by Crippen LogP contribution is -2.64. The first-order chi connectivity index (χ1) is 8.53. The second kappa shape index (κ2) is 4.05. The molecule has 0 saturated carbocycles. The standard InChI is InChI=1S/C13H21N3O2/c1-12(2,3)16-10(4-5-15-16)11-13(8-17-9-13)18-7-6-14-11/h4-5,11,14H,6-9H2,1-3H3. The molecule has 1 N–H and O–H groups in total. The van der Waals surface area contributed by atoms with Crippen molar-refractivity contribution in [3.8, 4) is 0 Å². The van der Waals surface area contributed by atoms with Gasteiger partial charge in [-0.05, 0) is 26.8 Å². The van der Waals surface area contributed by atoms with Gasteiger partial charge < -0.3 is 14.8 Å². The summed E-state index contributed by atoms with van der Waals surface area (Å²) in [6, 6.07) is 2.25. The molecular formula is C13H21N3O2. The maximum atomic E-state index is 5.98. The first-order valence-corrected chi connectivity index (χ1v) is 6.52. The van der Waals surface area contributed by atoms with Gasteiger partial charge >= 0.3 is 0 Å². The Labute approximate surface area is 107 Å². The third-order valence-electron chi connectivity index (χ3n) is 3.66. The zero-order valence-electron chi connectivity index (χ0n) is 11.3. The van der Waals surface area contributed by atoms with Gasteiger partial charge in [-0.15, -0.1) is 0 Å². The van der Waals surface area contributed by atoms with Crippen molar-refractivity contribution in [3.63, 3.8) is 0 Å². The highest BCUT2D eigenvalue weighted by Gasteiger charge is 2.50. The van der Waals surface area contributed by atoms with Crippen molar-refractivity contribution < 1.29 is 9.47 Å². The van der Waals surface area contributed by atoms with Crippen LogP contribution in [0.1, 0.15) is 32.5 Å². The van der Waals surface area contributed by atoms with Gasteiger partial charge in [0.1, 0.15) is 5.60 Å². The van der Waals surface area contributed by atoms with Crippen LogP contribution in [-0.4, -0.2) is 41.7 Å². The molecule has 2 saturated heterocycles. The summed E-state index contributed by atoms with van der Waals surface area (Å²) in [5, 5.41) is 8.03. The minimum absolute atomic E-state index is 0.0241. The Hall–Kier alpha value is -0.910. The third-order valence-corrected chi connectivity index (χ3v) is 3.66. The molecule has 5 heteroatoms. The van der Waals surface area contributed by atoms with E-state index in [9.17, 15) is 0 Å². The minimum atomic E-state index is -0.193. The van der Waals surface area contributed by atoms with E-state index in [0.717, 1.165) is 13.2 Å². The lowest BCUT2D eigenvalue weighted by Gasteiger charge is -2.50.